The zero-order valence-corrected chi connectivity index (χ0v) is 23.5. The predicted molar refractivity (Wildman–Crippen MR) is 144 cm³/mol. The summed E-state index contributed by atoms with van der Waals surface area (Å²) in [7, 11) is -3.37. The molecule has 13 nitrogen and oxygen atoms in total. The number of nitrogens with one attached hydrogen (secondary N) is 4. The second-order valence-electron chi connectivity index (χ2n) is 10.2. The van der Waals surface area contributed by atoms with Gasteiger partial charge in [-0.15, -0.1) is 0 Å². The fraction of sp³-hybridized carbons (Fsp3) is 0.542. The van der Waals surface area contributed by atoms with Crippen LogP contribution in [0.15, 0.2) is 24.3 Å². The molecule has 2 fully saturated rings. The quantitative estimate of drug-likeness (QED) is 0.0791. The van der Waals surface area contributed by atoms with Gasteiger partial charge in [0.25, 0.3) is 5.91 Å². The van der Waals surface area contributed by atoms with Crippen LogP contribution < -0.4 is 20.7 Å². The third kappa shape index (κ3) is 6.94. The van der Waals surface area contributed by atoms with Gasteiger partial charge in [0.1, 0.15) is 23.5 Å². The van der Waals surface area contributed by atoms with Gasteiger partial charge in [0.2, 0.25) is 11.8 Å². The molecule has 0 spiro atoms. The maximum absolute atomic E-state index is 13.5. The van der Waals surface area contributed by atoms with E-state index in [0.717, 1.165) is 0 Å². The Morgan fingerprint density at radius 2 is 2.03 bits per heavy atom. The molecule has 0 unspecified atom stereocenters. The van der Waals surface area contributed by atoms with Crippen LogP contribution in [0, 0.1) is 11.8 Å². The number of carbonyl (C=O) groups excluding carboxylic acids is 3. The molecule has 4 rings (SSSR count). The van der Waals surface area contributed by atoms with Crippen LogP contribution in [0.4, 0.5) is 0 Å². The number of carbonyl (C=O) groups is 3. The van der Waals surface area contributed by atoms with E-state index < -0.39 is 48.0 Å². The van der Waals surface area contributed by atoms with E-state index in [1.165, 1.54) is 7.11 Å². The molecule has 1 aromatic heterocycles. The van der Waals surface area contributed by atoms with Gasteiger partial charge in [0.15, 0.2) is 0 Å². The van der Waals surface area contributed by atoms with E-state index in [0.29, 0.717) is 29.6 Å². The van der Waals surface area contributed by atoms with Crippen molar-refractivity contribution in [1.82, 2.24) is 20.9 Å². The third-order valence-electron chi connectivity index (χ3n) is 6.79. The highest BCUT2D eigenvalue weighted by Gasteiger charge is 2.75. The molecular formula is C24H34N4O9PS+. The Morgan fingerprint density at radius 1 is 1.28 bits per heavy atom. The van der Waals surface area contributed by atoms with Gasteiger partial charge in [-0.25, -0.2) is 9.09 Å². The second-order valence-corrected chi connectivity index (χ2v) is 12.8. The van der Waals surface area contributed by atoms with Gasteiger partial charge < -0.3 is 40.6 Å². The summed E-state index contributed by atoms with van der Waals surface area (Å²) in [5.74, 6) is -1.27. The summed E-state index contributed by atoms with van der Waals surface area (Å²) in [5.41, 5.74) is -0.331. The highest BCUT2D eigenvalue weighted by molar-refractivity contribution is 7.88. The number of phosphoric acid groups is 1. The van der Waals surface area contributed by atoms with Crippen molar-refractivity contribution in [3.8, 4) is 5.75 Å². The second kappa shape index (κ2) is 11.5. The molecule has 0 aliphatic carbocycles. The van der Waals surface area contributed by atoms with Crippen LogP contribution in [0.25, 0.3) is 10.9 Å². The van der Waals surface area contributed by atoms with Crippen molar-refractivity contribution >= 4 is 48.2 Å². The molecule has 0 radical (unpaired) electrons. The van der Waals surface area contributed by atoms with Gasteiger partial charge >= 0.3 is 18.2 Å². The SMILES string of the molecule is COc1cccc2[nH]c(C(=O)N[C@@H](CC(C)C)C(=O)N[C@@H](C[C@@H]3CCNC3=O)[C@@]3(O)[SH+][C@H]3OP(=O)(O)O)cc12. The van der Waals surface area contributed by atoms with E-state index in [-0.39, 0.29) is 42.1 Å². The number of aromatic amines is 1. The van der Waals surface area contributed by atoms with Crippen LogP contribution in [0.5, 0.6) is 5.75 Å². The van der Waals surface area contributed by atoms with Crippen LogP contribution in [0.1, 0.15) is 43.6 Å². The molecule has 0 saturated carbocycles. The largest absolute Gasteiger partial charge is 0.496 e. The van der Waals surface area contributed by atoms with Crippen molar-refractivity contribution in [1.29, 1.82) is 0 Å². The lowest BCUT2D eigenvalue weighted by Crippen LogP contribution is -2.55. The molecule has 0 bridgehead atoms. The number of benzene rings is 1. The average molecular weight is 586 g/mol. The molecule has 5 atom stereocenters. The molecule has 39 heavy (non-hydrogen) atoms. The van der Waals surface area contributed by atoms with E-state index in [9.17, 15) is 33.8 Å². The summed E-state index contributed by atoms with van der Waals surface area (Å²) in [4.78, 5) is 58.5. The summed E-state index contributed by atoms with van der Waals surface area (Å²) < 4.78 is 21.4. The van der Waals surface area contributed by atoms with Crippen LogP contribution in [0.2, 0.25) is 0 Å². The molecule has 2 aliphatic heterocycles. The Kier molecular flexibility index (Phi) is 8.64. The Hall–Kier alpha value is -2.61. The number of phosphoric ester groups is 1. The molecule has 3 amide bonds. The van der Waals surface area contributed by atoms with Gasteiger partial charge in [-0.2, -0.15) is 0 Å². The molecular weight excluding hydrogens is 551 g/mol. The van der Waals surface area contributed by atoms with Crippen molar-refractivity contribution in [2.45, 2.75) is 55.6 Å². The molecule has 15 heteroatoms. The molecule has 3 heterocycles. The van der Waals surface area contributed by atoms with Crippen LogP contribution >= 0.6 is 7.82 Å². The number of ether oxygens (including phenoxy) is 1. The maximum Gasteiger partial charge on any atom is 0.473 e. The van der Waals surface area contributed by atoms with Crippen molar-refractivity contribution in [3.63, 3.8) is 0 Å². The normalized spacial score (nSPS) is 24.3. The topological polar surface area (TPSA) is 199 Å². The van der Waals surface area contributed by atoms with Crippen LogP contribution in [-0.2, 0) is 30.4 Å². The third-order valence-corrected chi connectivity index (χ3v) is 8.85. The number of H-pyrrole nitrogens is 1. The number of amides is 3. The first-order valence-electron chi connectivity index (χ1n) is 12.5. The lowest BCUT2D eigenvalue weighted by Gasteiger charge is -2.25. The number of thiol groups is 1. The standard InChI is InChI=1S/C24H33N4O9PS/c1-12(2)9-16(27-21(30)17-11-14-15(26-17)5-4-6-18(14)36-3)22(31)28-19(10-13-7-8-25-20(13)29)24(32)23(39-24)37-38(33,34)35/h4-6,11-13,16,19,23,26,32H,7-10H2,1-3H3,(H,25,29)(H,27,30)(H,28,31)(H2,33,34,35)/p+1/t13-,16-,19-,23+,24+/m0/s1. The van der Waals surface area contributed by atoms with Crippen molar-refractivity contribution in [2.24, 2.45) is 11.8 Å². The zero-order chi connectivity index (χ0) is 28.5. The first-order chi connectivity index (χ1) is 18.3. The van der Waals surface area contributed by atoms with E-state index in [1.807, 2.05) is 13.8 Å². The maximum atomic E-state index is 13.5. The molecule has 2 aromatic rings. The van der Waals surface area contributed by atoms with Crippen molar-refractivity contribution in [2.75, 3.05) is 13.7 Å². The van der Waals surface area contributed by atoms with Gasteiger partial charge in [0, 0.05) is 23.4 Å². The summed E-state index contributed by atoms with van der Waals surface area (Å²) in [6.45, 7) is 4.22. The Labute approximate surface area is 229 Å². The number of aliphatic hydroxyl groups is 1. The molecule has 2 aliphatic rings. The predicted octanol–water partition coefficient (Wildman–Crippen LogP) is 0.285. The van der Waals surface area contributed by atoms with E-state index in [1.54, 1.807) is 24.3 Å². The molecule has 1 aromatic carbocycles. The number of fused-ring (bicyclic) bond motifs is 1. The van der Waals surface area contributed by atoms with Gasteiger partial charge in [-0.1, -0.05) is 19.9 Å². The van der Waals surface area contributed by atoms with Gasteiger partial charge in [-0.05, 0) is 43.4 Å². The van der Waals surface area contributed by atoms with Crippen LogP contribution in [0.3, 0.4) is 0 Å². The smallest absolute Gasteiger partial charge is 0.473 e. The number of aromatic nitrogens is 1. The first kappa shape index (κ1) is 29.4. The zero-order valence-electron chi connectivity index (χ0n) is 21.7. The fourth-order valence-electron chi connectivity index (χ4n) is 4.78. The fourth-order valence-corrected chi connectivity index (χ4v) is 6.72. The minimum atomic E-state index is -4.90. The van der Waals surface area contributed by atoms with E-state index in [2.05, 4.69) is 25.5 Å². The number of hydrogen-bond donors (Lipinski definition) is 7. The highest BCUT2D eigenvalue weighted by atomic mass is 32.2. The summed E-state index contributed by atoms with van der Waals surface area (Å²) in [6.07, 6.45) is 0.792. The minimum absolute atomic E-state index is 0.00999. The van der Waals surface area contributed by atoms with Crippen LogP contribution in [-0.4, -0.2) is 73.7 Å². The lowest BCUT2D eigenvalue weighted by molar-refractivity contribution is -0.127. The van der Waals surface area contributed by atoms with Crippen molar-refractivity contribution in [3.05, 3.63) is 30.0 Å². The highest BCUT2D eigenvalue weighted by Crippen LogP contribution is 2.50. The number of hydrogen-bond acceptors (Lipinski definition) is 7. The van der Waals surface area contributed by atoms with Crippen molar-refractivity contribution < 1.29 is 43.1 Å². The molecule has 214 valence electrons. The molecule has 7 N–H and O–H groups in total. The minimum Gasteiger partial charge on any atom is -0.496 e. The number of methoxy groups -OCH3 is 1. The van der Waals surface area contributed by atoms with E-state index in [4.69, 9.17) is 4.74 Å². The molecule has 2 saturated heterocycles. The number of rotatable bonds is 12. The van der Waals surface area contributed by atoms with Gasteiger partial charge in [-0.3, -0.25) is 14.4 Å². The Balaban J connectivity index is 1.53. The monoisotopic (exact) mass is 585 g/mol. The van der Waals surface area contributed by atoms with E-state index >= 15 is 0 Å². The summed E-state index contributed by atoms with van der Waals surface area (Å²) in [6, 6.07) is 4.92. The first-order valence-corrected chi connectivity index (χ1v) is 15.0. The summed E-state index contributed by atoms with van der Waals surface area (Å²) in [5, 5.41) is 20.0. The average Bonchev–Trinajstić information content (AvgIpc) is 3.17. The Morgan fingerprint density at radius 3 is 2.64 bits per heavy atom. The van der Waals surface area contributed by atoms with Gasteiger partial charge in [0.05, 0.1) is 18.9 Å². The Bertz CT molecular complexity index is 1300. The lowest BCUT2D eigenvalue weighted by atomic mass is 9.94. The summed E-state index contributed by atoms with van der Waals surface area (Å²) >= 11 is 0.158.